The van der Waals surface area contributed by atoms with E-state index in [1.165, 1.54) is 0 Å². The molecule has 2 heterocycles. The zero-order valence-corrected chi connectivity index (χ0v) is 19.3. The summed E-state index contributed by atoms with van der Waals surface area (Å²) < 4.78 is 33.0. The van der Waals surface area contributed by atoms with E-state index >= 15 is 0 Å². The van der Waals surface area contributed by atoms with E-state index in [1.54, 1.807) is 11.8 Å². The average molecular weight is 458 g/mol. The van der Waals surface area contributed by atoms with E-state index in [0.29, 0.717) is 0 Å². The molecular formula is C23H27N3O3S2. The Hall–Kier alpha value is -2.29. The Morgan fingerprint density at radius 2 is 1.68 bits per heavy atom. The van der Waals surface area contributed by atoms with E-state index in [4.69, 9.17) is 4.99 Å². The normalized spacial score (nSPS) is 18.9. The highest BCUT2D eigenvalue weighted by molar-refractivity contribution is 7.99. The maximum absolute atomic E-state index is 11.7. The lowest BCUT2D eigenvalue weighted by molar-refractivity contribution is 0.249. The molecule has 0 amide bonds. The van der Waals surface area contributed by atoms with E-state index in [0.717, 1.165) is 39.8 Å². The van der Waals surface area contributed by atoms with Gasteiger partial charge in [-0.1, -0.05) is 43.0 Å². The minimum absolute atomic E-state index is 0.252. The van der Waals surface area contributed by atoms with Crippen LogP contribution < -0.4 is 4.90 Å². The molecule has 0 aliphatic carbocycles. The van der Waals surface area contributed by atoms with Gasteiger partial charge in [0.2, 0.25) is 0 Å². The first-order valence-corrected chi connectivity index (χ1v) is 12.9. The van der Waals surface area contributed by atoms with E-state index in [-0.39, 0.29) is 24.4 Å². The second-order valence-corrected chi connectivity index (χ2v) is 10.2. The van der Waals surface area contributed by atoms with Crippen LogP contribution in [0.25, 0.3) is 0 Å². The van der Waals surface area contributed by atoms with Crippen molar-refractivity contribution in [2.24, 2.45) is 4.99 Å². The number of fused-ring (bicyclic) bond motifs is 2. The molecule has 0 bridgehead atoms. The van der Waals surface area contributed by atoms with Gasteiger partial charge in [0, 0.05) is 28.2 Å². The predicted molar refractivity (Wildman–Crippen MR) is 127 cm³/mol. The van der Waals surface area contributed by atoms with Crippen LogP contribution in [0.15, 0.2) is 75.6 Å². The van der Waals surface area contributed by atoms with Crippen LogP contribution >= 0.6 is 11.8 Å². The van der Waals surface area contributed by atoms with Crippen LogP contribution in [0.1, 0.15) is 26.7 Å². The second-order valence-electron chi connectivity index (χ2n) is 7.58. The molecule has 2 aliphatic heterocycles. The van der Waals surface area contributed by atoms with Crippen molar-refractivity contribution in [2.75, 3.05) is 17.2 Å². The third-order valence-electron chi connectivity index (χ3n) is 5.64. The monoisotopic (exact) mass is 457 g/mol. The second kappa shape index (κ2) is 9.06. The number of likely N-dealkylation sites (N-methyl/N-ethyl adjacent to an activating group) is 1. The molecule has 8 heteroatoms. The van der Waals surface area contributed by atoms with Crippen molar-refractivity contribution < 1.29 is 13.0 Å². The van der Waals surface area contributed by atoms with Gasteiger partial charge in [-0.3, -0.25) is 9.55 Å². The highest BCUT2D eigenvalue weighted by Gasteiger charge is 2.37. The summed E-state index contributed by atoms with van der Waals surface area (Å²) >= 11 is 1.71. The van der Waals surface area contributed by atoms with Gasteiger partial charge in [-0.25, -0.2) is 0 Å². The predicted octanol–water partition coefficient (Wildman–Crippen LogP) is 4.96. The first-order valence-electron chi connectivity index (χ1n) is 10.5. The number of nitrogens with zero attached hydrogens (tertiary/aromatic N) is 3. The van der Waals surface area contributed by atoms with E-state index in [2.05, 4.69) is 47.9 Å². The lowest BCUT2D eigenvalue weighted by Gasteiger charge is -2.44. The van der Waals surface area contributed by atoms with Crippen LogP contribution in [-0.4, -0.2) is 48.1 Å². The summed E-state index contributed by atoms with van der Waals surface area (Å²) in [5.41, 5.74) is 3.05. The third kappa shape index (κ3) is 4.66. The van der Waals surface area contributed by atoms with Gasteiger partial charge < -0.3 is 9.80 Å². The van der Waals surface area contributed by atoms with E-state index in [1.807, 2.05) is 36.5 Å². The fourth-order valence-electron chi connectivity index (χ4n) is 4.14. The molecule has 2 unspecified atom stereocenters. The van der Waals surface area contributed by atoms with Gasteiger partial charge in [0.1, 0.15) is 6.17 Å². The largest absolute Gasteiger partial charge is 0.355 e. The van der Waals surface area contributed by atoms with Gasteiger partial charge in [0.05, 0.1) is 23.2 Å². The molecule has 2 atom stereocenters. The number of hydrogen-bond donors (Lipinski definition) is 1. The number of allylic oxidation sites excluding steroid dienone is 1. The van der Waals surface area contributed by atoms with Crippen molar-refractivity contribution >= 4 is 39.0 Å². The van der Waals surface area contributed by atoms with Gasteiger partial charge in [-0.15, -0.1) is 0 Å². The van der Waals surface area contributed by atoms with Crippen molar-refractivity contribution in [3.63, 3.8) is 0 Å². The summed E-state index contributed by atoms with van der Waals surface area (Å²) in [5.74, 6) is -0.319. The zero-order valence-electron chi connectivity index (χ0n) is 17.7. The number of rotatable bonds is 7. The Balaban J connectivity index is 1.86. The topological polar surface area (TPSA) is 73.2 Å². The van der Waals surface area contributed by atoms with E-state index in [9.17, 15) is 13.0 Å². The summed E-state index contributed by atoms with van der Waals surface area (Å²) in [5, 5.41) is 0. The number of benzene rings is 2. The molecule has 164 valence electrons. The third-order valence-corrected chi connectivity index (χ3v) is 7.52. The summed E-state index contributed by atoms with van der Waals surface area (Å²) in [6, 6.07) is 16.1. The minimum atomic E-state index is -4.11. The summed E-state index contributed by atoms with van der Waals surface area (Å²) in [6.07, 6.45) is 4.86. The molecule has 31 heavy (non-hydrogen) atoms. The van der Waals surface area contributed by atoms with Crippen molar-refractivity contribution in [1.29, 1.82) is 0 Å². The summed E-state index contributed by atoms with van der Waals surface area (Å²) in [4.78, 5) is 11.6. The Labute approximate surface area is 188 Å². The SMILES string of the molecule is CCC1=NC(C(CCS(=O)(=O)O)N2c3ccccc3Sc3ccccc32)N(CC)C=C1. The highest BCUT2D eigenvalue weighted by atomic mass is 32.2. The molecule has 0 aromatic heterocycles. The smallest absolute Gasteiger partial charge is 0.264 e. The van der Waals surface area contributed by atoms with Crippen LogP contribution in [0.5, 0.6) is 0 Å². The minimum Gasteiger partial charge on any atom is -0.355 e. The molecule has 1 N–H and O–H groups in total. The van der Waals surface area contributed by atoms with Crippen LogP contribution in [0.3, 0.4) is 0 Å². The standard InChI is InChI=1S/C23H27N3O3S2/c1-3-17-13-15-25(4-2)23(24-17)20(14-16-31(27,28)29)26-18-9-5-7-11-21(18)30-22-12-8-6-10-19(22)26/h5-13,15,20,23H,3-4,14,16H2,1-2H3,(H,27,28,29). The lowest BCUT2D eigenvalue weighted by atomic mass is 10.0. The number of para-hydroxylation sites is 2. The molecule has 0 saturated heterocycles. The molecule has 0 radical (unpaired) electrons. The molecule has 0 saturated carbocycles. The fourth-order valence-corrected chi connectivity index (χ4v) is 5.75. The maximum atomic E-state index is 11.7. The van der Waals surface area contributed by atoms with Crippen molar-refractivity contribution in [1.82, 2.24) is 4.90 Å². The maximum Gasteiger partial charge on any atom is 0.264 e. The first-order chi connectivity index (χ1) is 14.9. The molecule has 2 aromatic carbocycles. The molecule has 0 spiro atoms. The van der Waals surface area contributed by atoms with Crippen molar-refractivity contribution in [3.8, 4) is 0 Å². The van der Waals surface area contributed by atoms with Crippen molar-refractivity contribution in [2.45, 2.75) is 48.7 Å². The molecule has 2 aromatic rings. The van der Waals surface area contributed by atoms with Gasteiger partial charge >= 0.3 is 0 Å². The van der Waals surface area contributed by atoms with Crippen LogP contribution in [0.4, 0.5) is 11.4 Å². The van der Waals surface area contributed by atoms with Crippen LogP contribution in [-0.2, 0) is 10.1 Å². The van der Waals surface area contributed by atoms with Crippen LogP contribution in [0, 0.1) is 0 Å². The molecule has 4 rings (SSSR count). The number of hydrogen-bond acceptors (Lipinski definition) is 6. The quantitative estimate of drug-likeness (QED) is 0.592. The Morgan fingerprint density at radius 3 is 2.23 bits per heavy atom. The van der Waals surface area contributed by atoms with Gasteiger partial charge in [-0.2, -0.15) is 8.42 Å². The number of aliphatic imine (C=N–C) groups is 1. The zero-order chi connectivity index (χ0) is 22.0. The molecule has 0 fully saturated rings. The first kappa shape index (κ1) is 21.9. The molecule has 6 nitrogen and oxygen atoms in total. The Kier molecular flexibility index (Phi) is 6.41. The number of anilines is 2. The lowest BCUT2D eigenvalue weighted by Crippen LogP contribution is -2.50. The van der Waals surface area contributed by atoms with E-state index < -0.39 is 10.1 Å². The van der Waals surface area contributed by atoms with Crippen LogP contribution in [0.2, 0.25) is 0 Å². The fraction of sp³-hybridized carbons (Fsp3) is 0.348. The molecular weight excluding hydrogens is 430 g/mol. The average Bonchev–Trinajstić information content (AvgIpc) is 2.77. The van der Waals surface area contributed by atoms with Gasteiger partial charge in [0.25, 0.3) is 10.1 Å². The summed E-state index contributed by atoms with van der Waals surface area (Å²) in [6.45, 7) is 4.88. The Morgan fingerprint density at radius 1 is 1.06 bits per heavy atom. The van der Waals surface area contributed by atoms with Gasteiger partial charge in [-0.05, 0) is 50.1 Å². The summed E-state index contributed by atoms with van der Waals surface area (Å²) in [7, 11) is -4.11. The Bertz CT molecular complexity index is 1070. The van der Waals surface area contributed by atoms with Gasteiger partial charge in [0.15, 0.2) is 0 Å². The van der Waals surface area contributed by atoms with Crippen molar-refractivity contribution in [3.05, 3.63) is 60.8 Å². The molecule has 2 aliphatic rings. The highest BCUT2D eigenvalue weighted by Crippen LogP contribution is 2.49.